The number of aryl methyl sites for hydroxylation is 1. The van der Waals surface area contributed by atoms with Crippen LogP contribution in [0.1, 0.15) is 42.5 Å². The highest BCUT2D eigenvalue weighted by Gasteiger charge is 2.24. The van der Waals surface area contributed by atoms with E-state index in [2.05, 4.69) is 32.1 Å². The van der Waals surface area contributed by atoms with Crippen LogP contribution in [0.15, 0.2) is 18.2 Å². The van der Waals surface area contributed by atoms with Crippen molar-refractivity contribution in [2.24, 2.45) is 5.92 Å². The normalized spacial score (nSPS) is 17.9. The van der Waals surface area contributed by atoms with E-state index in [-0.39, 0.29) is 0 Å². The van der Waals surface area contributed by atoms with Crippen molar-refractivity contribution in [3.8, 4) is 0 Å². The summed E-state index contributed by atoms with van der Waals surface area (Å²) < 4.78 is 0. The van der Waals surface area contributed by atoms with Crippen LogP contribution >= 0.6 is 0 Å². The highest BCUT2D eigenvalue weighted by Crippen LogP contribution is 2.39. The fourth-order valence-electron chi connectivity index (χ4n) is 3.09. The monoisotopic (exact) mass is 198 g/mol. The zero-order chi connectivity index (χ0) is 10.4. The molecule has 15 heavy (non-hydrogen) atoms. The molecule has 0 saturated carbocycles. The average Bonchev–Trinajstić information content (AvgIpc) is 2.82. The molecule has 0 fully saturated rings. The Kier molecular flexibility index (Phi) is 1.98. The Morgan fingerprint density at radius 2 is 1.87 bits per heavy atom. The van der Waals surface area contributed by atoms with Gasteiger partial charge >= 0.3 is 0 Å². The van der Waals surface area contributed by atoms with E-state index in [0.717, 1.165) is 6.42 Å². The predicted octanol–water partition coefficient (Wildman–Crippen LogP) is 3.77. The number of allylic oxidation sites excluding steroid dienone is 2. The predicted molar refractivity (Wildman–Crippen MR) is 65.0 cm³/mol. The molecular weight excluding hydrogens is 180 g/mol. The Labute approximate surface area is 92.0 Å². The Balaban J connectivity index is 2.19. The second kappa shape index (κ2) is 3.23. The first-order valence-electron chi connectivity index (χ1n) is 6.11. The summed E-state index contributed by atoms with van der Waals surface area (Å²) in [6.45, 7) is 4.63. The molecule has 0 radical (unpaired) electrons. The smallest absolute Gasteiger partial charge is 0.00852 e. The van der Waals surface area contributed by atoms with Crippen LogP contribution < -0.4 is 0 Å². The van der Waals surface area contributed by atoms with Gasteiger partial charge in [0, 0.05) is 0 Å². The maximum Gasteiger partial charge on any atom is -0.00852 e. The van der Waals surface area contributed by atoms with Crippen molar-refractivity contribution in [3.05, 3.63) is 40.5 Å². The van der Waals surface area contributed by atoms with E-state index in [1.807, 2.05) is 0 Å². The minimum Gasteiger partial charge on any atom is -0.0760 e. The third-order valence-corrected chi connectivity index (χ3v) is 3.82. The molecule has 0 aromatic heterocycles. The second-order valence-corrected chi connectivity index (χ2v) is 5.11. The minimum absolute atomic E-state index is 0.679. The van der Waals surface area contributed by atoms with Crippen molar-refractivity contribution in [2.45, 2.75) is 39.5 Å². The van der Waals surface area contributed by atoms with Crippen molar-refractivity contribution in [2.75, 3.05) is 0 Å². The molecule has 0 bridgehead atoms. The first-order chi connectivity index (χ1) is 7.27. The lowest BCUT2D eigenvalue weighted by Crippen LogP contribution is -1.98. The summed E-state index contributed by atoms with van der Waals surface area (Å²) >= 11 is 0. The zero-order valence-corrected chi connectivity index (χ0v) is 9.64. The number of fused-ring (bicyclic) bond motifs is 3. The van der Waals surface area contributed by atoms with Crippen LogP contribution in [0, 0.1) is 5.92 Å². The molecule has 0 nitrogen and oxygen atoms in total. The highest BCUT2D eigenvalue weighted by molar-refractivity contribution is 5.77. The van der Waals surface area contributed by atoms with Crippen molar-refractivity contribution < 1.29 is 0 Å². The van der Waals surface area contributed by atoms with Gasteiger partial charge in [0.25, 0.3) is 0 Å². The maximum absolute atomic E-state index is 2.44. The molecule has 3 rings (SSSR count). The van der Waals surface area contributed by atoms with Crippen molar-refractivity contribution in [1.29, 1.82) is 0 Å². The third kappa shape index (κ3) is 1.27. The van der Waals surface area contributed by atoms with Gasteiger partial charge in [-0.15, -0.1) is 0 Å². The zero-order valence-electron chi connectivity index (χ0n) is 9.64. The first kappa shape index (κ1) is 9.21. The quantitative estimate of drug-likeness (QED) is 0.644. The van der Waals surface area contributed by atoms with E-state index in [0.29, 0.717) is 5.92 Å². The molecule has 0 N–H and O–H groups in total. The molecule has 2 aliphatic carbocycles. The van der Waals surface area contributed by atoms with Gasteiger partial charge in [0.15, 0.2) is 0 Å². The molecule has 0 heteroatoms. The molecular formula is C15H18. The van der Waals surface area contributed by atoms with Gasteiger partial charge in [-0.3, -0.25) is 0 Å². The van der Waals surface area contributed by atoms with Gasteiger partial charge in [-0.25, -0.2) is 0 Å². The second-order valence-electron chi connectivity index (χ2n) is 5.11. The lowest BCUT2D eigenvalue weighted by Gasteiger charge is -2.14. The summed E-state index contributed by atoms with van der Waals surface area (Å²) in [7, 11) is 0. The van der Waals surface area contributed by atoms with Crippen molar-refractivity contribution >= 4 is 5.57 Å². The Bertz CT molecular complexity index is 436. The lowest BCUT2D eigenvalue weighted by molar-refractivity contribution is 0.853. The largest absolute Gasteiger partial charge is 0.0760 e. The summed E-state index contributed by atoms with van der Waals surface area (Å²) in [6.07, 6.45) is 7.57. The molecule has 1 aromatic rings. The van der Waals surface area contributed by atoms with Gasteiger partial charge in [0.1, 0.15) is 0 Å². The summed E-state index contributed by atoms with van der Waals surface area (Å²) in [5.74, 6) is 0.679. The molecule has 0 heterocycles. The minimum atomic E-state index is 0.679. The summed E-state index contributed by atoms with van der Waals surface area (Å²) in [6, 6.07) is 4.71. The highest BCUT2D eigenvalue weighted by atomic mass is 14.3. The van der Waals surface area contributed by atoms with Crippen LogP contribution in [0.25, 0.3) is 5.57 Å². The van der Waals surface area contributed by atoms with Gasteiger partial charge in [-0.1, -0.05) is 32.1 Å². The molecule has 0 saturated heterocycles. The van der Waals surface area contributed by atoms with E-state index in [1.165, 1.54) is 19.3 Å². The fraction of sp³-hybridized carbons (Fsp3) is 0.467. The van der Waals surface area contributed by atoms with Gasteiger partial charge in [0.05, 0.1) is 0 Å². The number of hydrogen-bond acceptors (Lipinski definition) is 0. The molecule has 1 aromatic carbocycles. The van der Waals surface area contributed by atoms with Gasteiger partial charge in [0.2, 0.25) is 0 Å². The number of rotatable bonds is 1. The van der Waals surface area contributed by atoms with Gasteiger partial charge < -0.3 is 0 Å². The van der Waals surface area contributed by atoms with Crippen LogP contribution in [-0.4, -0.2) is 0 Å². The summed E-state index contributed by atoms with van der Waals surface area (Å²) in [4.78, 5) is 0. The van der Waals surface area contributed by atoms with Crippen LogP contribution in [0.2, 0.25) is 0 Å². The Morgan fingerprint density at radius 3 is 2.67 bits per heavy atom. The SMILES string of the molecule is CC(C)C1=CCc2ccc3c(c21)CCC3. The Hall–Kier alpha value is -1.04. The summed E-state index contributed by atoms with van der Waals surface area (Å²) in [5, 5.41) is 0. The number of benzene rings is 1. The third-order valence-electron chi connectivity index (χ3n) is 3.82. The van der Waals surface area contributed by atoms with Crippen LogP contribution in [0.4, 0.5) is 0 Å². The van der Waals surface area contributed by atoms with Gasteiger partial charge in [-0.05, 0) is 59.4 Å². The molecule has 2 aliphatic rings. The lowest BCUT2D eigenvalue weighted by atomic mass is 9.91. The molecule has 0 spiro atoms. The Morgan fingerprint density at radius 1 is 1.07 bits per heavy atom. The standard InChI is InChI=1S/C15H18/c1-10(2)13-9-8-12-7-6-11-4-3-5-14(11)15(12)13/h6-7,9-10H,3-5,8H2,1-2H3. The van der Waals surface area contributed by atoms with Crippen LogP contribution in [0.5, 0.6) is 0 Å². The molecule has 0 atom stereocenters. The maximum atomic E-state index is 2.44. The average molecular weight is 198 g/mol. The molecule has 0 unspecified atom stereocenters. The molecule has 78 valence electrons. The number of hydrogen-bond donors (Lipinski definition) is 0. The van der Waals surface area contributed by atoms with Crippen molar-refractivity contribution in [1.82, 2.24) is 0 Å². The first-order valence-corrected chi connectivity index (χ1v) is 6.11. The van der Waals surface area contributed by atoms with Crippen LogP contribution in [-0.2, 0) is 19.3 Å². The van der Waals surface area contributed by atoms with Gasteiger partial charge in [-0.2, -0.15) is 0 Å². The fourth-order valence-corrected chi connectivity index (χ4v) is 3.09. The van der Waals surface area contributed by atoms with E-state index >= 15 is 0 Å². The van der Waals surface area contributed by atoms with E-state index in [9.17, 15) is 0 Å². The summed E-state index contributed by atoms with van der Waals surface area (Å²) in [5.41, 5.74) is 8.08. The van der Waals surface area contributed by atoms with E-state index in [1.54, 1.807) is 27.8 Å². The molecule has 0 aliphatic heterocycles. The molecule has 0 amide bonds. The van der Waals surface area contributed by atoms with Crippen molar-refractivity contribution in [3.63, 3.8) is 0 Å². The van der Waals surface area contributed by atoms with E-state index < -0.39 is 0 Å². The topological polar surface area (TPSA) is 0 Å². The van der Waals surface area contributed by atoms with E-state index in [4.69, 9.17) is 0 Å². The van der Waals surface area contributed by atoms with Crippen LogP contribution in [0.3, 0.4) is 0 Å².